The summed E-state index contributed by atoms with van der Waals surface area (Å²) >= 11 is 0. The maximum absolute atomic E-state index is 4.76. The number of hydrogen-bond donors (Lipinski definition) is 0. The summed E-state index contributed by atoms with van der Waals surface area (Å²) in [5.74, 6) is 0.991. The molecule has 0 radical (unpaired) electrons. The summed E-state index contributed by atoms with van der Waals surface area (Å²) in [4.78, 5) is 9.36. The zero-order valence-corrected chi connectivity index (χ0v) is 21.1. The number of rotatable bonds is 5. The predicted octanol–water partition coefficient (Wildman–Crippen LogP) is 7.76. The van der Waals surface area contributed by atoms with E-state index in [1.54, 1.807) is 0 Å². The number of fused-ring (bicyclic) bond motifs is 3. The smallest absolute Gasteiger partial charge is 0.139 e. The van der Waals surface area contributed by atoms with Gasteiger partial charge in [0.25, 0.3) is 0 Å². The Hall–Kier alpha value is -4.96. The predicted molar refractivity (Wildman–Crippen MR) is 155 cm³/mol. The van der Waals surface area contributed by atoms with E-state index in [2.05, 4.69) is 123 Å². The highest BCUT2D eigenvalue weighted by Gasteiger charge is 2.20. The molecule has 7 aromatic rings. The molecule has 0 saturated heterocycles. The largest absolute Gasteiger partial charge is 0.334 e. The van der Waals surface area contributed by atoms with E-state index in [4.69, 9.17) is 4.98 Å². The van der Waals surface area contributed by atoms with E-state index in [1.165, 1.54) is 27.4 Å². The van der Waals surface area contributed by atoms with Crippen LogP contribution in [0.15, 0.2) is 134 Å². The van der Waals surface area contributed by atoms with Gasteiger partial charge in [0.15, 0.2) is 0 Å². The molecule has 3 aromatic heterocycles. The number of nitrogens with zero attached hydrogens (tertiary/aromatic N) is 4. The third-order valence-electron chi connectivity index (χ3n) is 7.33. The molecular weight excluding hydrogens is 464 g/mol. The van der Waals surface area contributed by atoms with Crippen LogP contribution >= 0.6 is 0 Å². The normalized spacial score (nSPS) is 12.2. The van der Waals surface area contributed by atoms with Crippen LogP contribution in [0.3, 0.4) is 0 Å². The summed E-state index contributed by atoms with van der Waals surface area (Å²) in [6.45, 7) is 0. The van der Waals surface area contributed by atoms with Gasteiger partial charge in [0.1, 0.15) is 5.82 Å². The Labute approximate surface area is 221 Å². The van der Waals surface area contributed by atoms with Crippen LogP contribution in [0.2, 0.25) is 0 Å². The second kappa shape index (κ2) is 9.16. The Bertz CT molecular complexity index is 1840. The molecule has 7 rings (SSSR count). The molecule has 0 aliphatic heterocycles. The number of para-hydroxylation sites is 1. The van der Waals surface area contributed by atoms with Gasteiger partial charge in [0.05, 0.1) is 22.6 Å². The summed E-state index contributed by atoms with van der Waals surface area (Å²) in [5.41, 5.74) is 8.04. The highest BCUT2D eigenvalue weighted by atomic mass is 15.0. The van der Waals surface area contributed by atoms with Crippen LogP contribution < -0.4 is 0 Å². The van der Waals surface area contributed by atoms with E-state index in [-0.39, 0.29) is 5.92 Å². The lowest BCUT2D eigenvalue weighted by molar-refractivity contribution is 0.916. The Morgan fingerprint density at radius 3 is 2.21 bits per heavy atom. The van der Waals surface area contributed by atoms with Gasteiger partial charge in [-0.2, -0.15) is 0 Å². The highest BCUT2D eigenvalue weighted by Crippen LogP contribution is 2.36. The SMILES string of the molecule is Cn1ccnc1-c1ccc2c3ccccc3n(-c3cccc([C@@H](c4ccccc4)c4ccccn4)c3)c2c1. The summed E-state index contributed by atoms with van der Waals surface area (Å²) in [5, 5.41) is 2.47. The Morgan fingerprint density at radius 2 is 1.39 bits per heavy atom. The number of hydrogen-bond acceptors (Lipinski definition) is 2. The Balaban J connectivity index is 1.46. The van der Waals surface area contributed by atoms with Crippen molar-refractivity contribution in [3.05, 3.63) is 151 Å². The van der Waals surface area contributed by atoms with Crippen molar-refractivity contribution < 1.29 is 0 Å². The van der Waals surface area contributed by atoms with Crippen molar-refractivity contribution in [2.75, 3.05) is 0 Å². The maximum atomic E-state index is 4.76. The van der Waals surface area contributed by atoms with Crippen LogP contribution in [0.25, 0.3) is 38.9 Å². The second-order valence-electron chi connectivity index (χ2n) is 9.64. The van der Waals surface area contributed by atoms with Gasteiger partial charge in [0, 0.05) is 47.7 Å². The molecule has 3 heterocycles. The molecule has 0 fully saturated rings. The molecule has 0 bridgehead atoms. The molecule has 0 spiro atoms. The molecule has 1 atom stereocenters. The van der Waals surface area contributed by atoms with Crippen molar-refractivity contribution in [3.63, 3.8) is 0 Å². The average Bonchev–Trinajstić information content (AvgIpc) is 3.55. The van der Waals surface area contributed by atoms with E-state index < -0.39 is 0 Å². The lowest BCUT2D eigenvalue weighted by Crippen LogP contribution is -2.06. The lowest BCUT2D eigenvalue weighted by atomic mass is 9.88. The second-order valence-corrected chi connectivity index (χ2v) is 9.64. The molecule has 38 heavy (non-hydrogen) atoms. The fraction of sp³-hybridized carbons (Fsp3) is 0.0588. The van der Waals surface area contributed by atoms with Gasteiger partial charge in [-0.25, -0.2) is 4.98 Å². The van der Waals surface area contributed by atoms with Gasteiger partial charge in [-0.15, -0.1) is 0 Å². The Morgan fingerprint density at radius 1 is 0.605 bits per heavy atom. The first-order valence-electron chi connectivity index (χ1n) is 12.8. The average molecular weight is 491 g/mol. The minimum absolute atomic E-state index is 0.0357. The van der Waals surface area contributed by atoms with Gasteiger partial charge in [-0.05, 0) is 47.5 Å². The van der Waals surface area contributed by atoms with E-state index in [0.717, 1.165) is 28.3 Å². The van der Waals surface area contributed by atoms with Crippen LogP contribution in [0.4, 0.5) is 0 Å². The fourth-order valence-corrected chi connectivity index (χ4v) is 5.60. The van der Waals surface area contributed by atoms with Crippen LogP contribution in [0.5, 0.6) is 0 Å². The third kappa shape index (κ3) is 3.70. The van der Waals surface area contributed by atoms with Crippen molar-refractivity contribution >= 4 is 21.8 Å². The highest BCUT2D eigenvalue weighted by molar-refractivity contribution is 6.10. The summed E-state index contributed by atoms with van der Waals surface area (Å²) in [6, 6.07) is 41.0. The van der Waals surface area contributed by atoms with Crippen LogP contribution in [0.1, 0.15) is 22.7 Å². The van der Waals surface area contributed by atoms with Gasteiger partial charge in [-0.3, -0.25) is 4.98 Å². The van der Waals surface area contributed by atoms with E-state index in [0.29, 0.717) is 0 Å². The first-order valence-corrected chi connectivity index (χ1v) is 12.8. The number of aryl methyl sites for hydroxylation is 1. The van der Waals surface area contributed by atoms with Crippen molar-refractivity contribution in [2.45, 2.75) is 5.92 Å². The molecule has 0 N–H and O–H groups in total. The quantitative estimate of drug-likeness (QED) is 0.247. The van der Waals surface area contributed by atoms with Crippen molar-refractivity contribution in [3.8, 4) is 17.1 Å². The third-order valence-corrected chi connectivity index (χ3v) is 7.33. The number of imidazole rings is 1. The van der Waals surface area contributed by atoms with E-state index >= 15 is 0 Å². The minimum atomic E-state index is 0.0357. The van der Waals surface area contributed by atoms with Gasteiger partial charge < -0.3 is 9.13 Å². The lowest BCUT2D eigenvalue weighted by Gasteiger charge is -2.19. The number of pyridine rings is 1. The summed E-state index contributed by atoms with van der Waals surface area (Å²) < 4.78 is 4.44. The monoisotopic (exact) mass is 490 g/mol. The zero-order chi connectivity index (χ0) is 25.5. The maximum Gasteiger partial charge on any atom is 0.139 e. The van der Waals surface area contributed by atoms with E-state index in [9.17, 15) is 0 Å². The molecule has 4 nitrogen and oxygen atoms in total. The van der Waals surface area contributed by atoms with Crippen molar-refractivity contribution in [1.82, 2.24) is 19.1 Å². The van der Waals surface area contributed by atoms with Crippen molar-refractivity contribution in [1.29, 1.82) is 0 Å². The van der Waals surface area contributed by atoms with Gasteiger partial charge in [-0.1, -0.05) is 78.9 Å². The molecule has 0 unspecified atom stereocenters. The topological polar surface area (TPSA) is 35.6 Å². The van der Waals surface area contributed by atoms with Gasteiger partial charge >= 0.3 is 0 Å². The van der Waals surface area contributed by atoms with Gasteiger partial charge in [0.2, 0.25) is 0 Å². The van der Waals surface area contributed by atoms with E-state index in [1.807, 2.05) is 31.7 Å². The molecule has 0 amide bonds. The number of aromatic nitrogens is 4. The molecular formula is C34H26N4. The fourth-order valence-electron chi connectivity index (χ4n) is 5.60. The molecule has 0 aliphatic carbocycles. The standard InChI is InChI=1S/C34H26N4/c1-37-21-20-36-34(37)26-17-18-29-28-14-5-6-16-31(28)38(32(29)23-26)27-13-9-12-25(22-27)33(24-10-3-2-4-11-24)30-15-7-8-19-35-30/h2-23,33H,1H3/t33-/m1/s1. The summed E-state index contributed by atoms with van der Waals surface area (Å²) in [7, 11) is 2.03. The minimum Gasteiger partial charge on any atom is -0.334 e. The molecule has 4 heteroatoms. The molecule has 4 aromatic carbocycles. The Kier molecular flexibility index (Phi) is 5.37. The summed E-state index contributed by atoms with van der Waals surface area (Å²) in [6.07, 6.45) is 5.71. The number of benzene rings is 4. The molecule has 182 valence electrons. The first-order chi connectivity index (χ1) is 18.8. The van der Waals surface area contributed by atoms with Crippen molar-refractivity contribution in [2.24, 2.45) is 7.05 Å². The van der Waals surface area contributed by atoms with Crippen LogP contribution in [-0.4, -0.2) is 19.1 Å². The zero-order valence-electron chi connectivity index (χ0n) is 21.1. The molecule has 0 aliphatic rings. The van der Waals surface area contributed by atoms with Crippen LogP contribution in [-0.2, 0) is 7.05 Å². The molecule has 0 saturated carbocycles. The first kappa shape index (κ1) is 22.3. The van der Waals surface area contributed by atoms with Crippen LogP contribution in [0, 0.1) is 0 Å².